The van der Waals surface area contributed by atoms with Gasteiger partial charge in [-0.15, -0.1) is 0 Å². The van der Waals surface area contributed by atoms with E-state index in [0.717, 1.165) is 0 Å². The summed E-state index contributed by atoms with van der Waals surface area (Å²) in [5.74, 6) is -0.293. The molecule has 0 aromatic heterocycles. The molecule has 0 heterocycles. The fraction of sp³-hybridized carbons (Fsp3) is 0.917. The van der Waals surface area contributed by atoms with Gasteiger partial charge < -0.3 is 18.9 Å². The Morgan fingerprint density at radius 3 is 1.88 bits per heavy atom. The minimum atomic E-state index is -0.293. The standard InChI is InChI=1S/C12H24O5/c1-9(14-5)6-15-10(2)7-16-11(3)8-17-12(4)13/h9-11H,6-8H2,1-5H3. The Morgan fingerprint density at radius 1 is 0.941 bits per heavy atom. The number of hydrogen-bond acceptors (Lipinski definition) is 5. The number of carbonyl (C=O) groups excluding carboxylic acids is 1. The molecule has 3 unspecified atom stereocenters. The summed E-state index contributed by atoms with van der Waals surface area (Å²) in [5.41, 5.74) is 0. The van der Waals surface area contributed by atoms with Crippen LogP contribution in [-0.2, 0) is 23.7 Å². The zero-order valence-electron chi connectivity index (χ0n) is 11.4. The highest BCUT2D eigenvalue weighted by molar-refractivity contribution is 5.65. The maximum Gasteiger partial charge on any atom is 0.302 e. The van der Waals surface area contributed by atoms with Gasteiger partial charge in [-0.25, -0.2) is 0 Å². The first-order chi connectivity index (χ1) is 7.95. The lowest BCUT2D eigenvalue weighted by Gasteiger charge is -2.19. The van der Waals surface area contributed by atoms with Crippen molar-refractivity contribution in [2.24, 2.45) is 0 Å². The lowest BCUT2D eigenvalue weighted by Crippen LogP contribution is -2.26. The van der Waals surface area contributed by atoms with Crippen molar-refractivity contribution in [2.45, 2.75) is 46.0 Å². The van der Waals surface area contributed by atoms with Gasteiger partial charge in [0, 0.05) is 14.0 Å². The van der Waals surface area contributed by atoms with E-state index in [4.69, 9.17) is 18.9 Å². The van der Waals surface area contributed by atoms with Crippen LogP contribution in [0.2, 0.25) is 0 Å². The number of hydrogen-bond donors (Lipinski definition) is 0. The Hall–Kier alpha value is -0.650. The van der Waals surface area contributed by atoms with Crippen molar-refractivity contribution in [3.63, 3.8) is 0 Å². The van der Waals surface area contributed by atoms with Gasteiger partial charge in [-0.3, -0.25) is 4.79 Å². The number of methoxy groups -OCH3 is 1. The molecule has 0 rings (SSSR count). The maximum absolute atomic E-state index is 10.6. The van der Waals surface area contributed by atoms with Gasteiger partial charge in [0.15, 0.2) is 0 Å². The summed E-state index contributed by atoms with van der Waals surface area (Å²) in [5, 5.41) is 0. The largest absolute Gasteiger partial charge is 0.463 e. The molecule has 0 aromatic rings. The molecule has 5 heteroatoms. The SMILES string of the molecule is COC(C)COC(C)COC(C)COC(C)=O. The average molecular weight is 248 g/mol. The smallest absolute Gasteiger partial charge is 0.302 e. The monoisotopic (exact) mass is 248 g/mol. The van der Waals surface area contributed by atoms with Crippen molar-refractivity contribution in [3.8, 4) is 0 Å². The topological polar surface area (TPSA) is 54.0 Å². The first kappa shape index (κ1) is 16.4. The summed E-state index contributed by atoms with van der Waals surface area (Å²) in [4.78, 5) is 10.6. The molecular formula is C12H24O5. The van der Waals surface area contributed by atoms with Gasteiger partial charge in [-0.1, -0.05) is 0 Å². The molecule has 0 saturated heterocycles. The molecule has 0 radical (unpaired) electrons. The van der Waals surface area contributed by atoms with Crippen LogP contribution >= 0.6 is 0 Å². The number of carbonyl (C=O) groups is 1. The second-order valence-electron chi connectivity index (χ2n) is 4.14. The minimum absolute atomic E-state index is 0.00706. The van der Waals surface area contributed by atoms with Gasteiger partial charge >= 0.3 is 5.97 Å². The van der Waals surface area contributed by atoms with Crippen LogP contribution in [0.5, 0.6) is 0 Å². The van der Waals surface area contributed by atoms with Gasteiger partial charge in [0.25, 0.3) is 0 Å². The highest BCUT2D eigenvalue weighted by atomic mass is 16.6. The quantitative estimate of drug-likeness (QED) is 0.577. The van der Waals surface area contributed by atoms with Crippen LogP contribution in [0.25, 0.3) is 0 Å². The van der Waals surface area contributed by atoms with Gasteiger partial charge in [0.05, 0.1) is 31.5 Å². The molecule has 0 N–H and O–H groups in total. The Kier molecular flexibility index (Phi) is 9.03. The van der Waals surface area contributed by atoms with E-state index in [2.05, 4.69) is 0 Å². The number of ether oxygens (including phenoxy) is 4. The van der Waals surface area contributed by atoms with Crippen molar-refractivity contribution in [1.82, 2.24) is 0 Å². The second-order valence-corrected chi connectivity index (χ2v) is 4.14. The minimum Gasteiger partial charge on any atom is -0.463 e. The molecular weight excluding hydrogens is 224 g/mol. The molecule has 102 valence electrons. The van der Waals surface area contributed by atoms with Gasteiger partial charge in [0.2, 0.25) is 0 Å². The molecule has 0 spiro atoms. The van der Waals surface area contributed by atoms with E-state index < -0.39 is 0 Å². The van der Waals surface area contributed by atoms with E-state index in [1.807, 2.05) is 20.8 Å². The third-order valence-corrected chi connectivity index (χ3v) is 2.15. The Morgan fingerprint density at radius 2 is 1.41 bits per heavy atom. The molecule has 0 aromatic carbocycles. The Balaban J connectivity index is 3.54. The summed E-state index contributed by atoms with van der Waals surface area (Å²) in [6.07, 6.45) is -0.0481. The van der Waals surface area contributed by atoms with E-state index in [1.54, 1.807) is 7.11 Å². The molecule has 5 nitrogen and oxygen atoms in total. The summed E-state index contributed by atoms with van der Waals surface area (Å²) >= 11 is 0. The van der Waals surface area contributed by atoms with Crippen LogP contribution in [0.3, 0.4) is 0 Å². The summed E-state index contributed by atoms with van der Waals surface area (Å²) in [6, 6.07) is 0. The van der Waals surface area contributed by atoms with Gasteiger partial charge in [0.1, 0.15) is 6.61 Å². The van der Waals surface area contributed by atoms with E-state index in [9.17, 15) is 4.79 Å². The highest BCUT2D eigenvalue weighted by Crippen LogP contribution is 2.00. The molecule has 0 aliphatic rings. The highest BCUT2D eigenvalue weighted by Gasteiger charge is 2.09. The maximum atomic E-state index is 10.6. The summed E-state index contributed by atoms with van der Waals surface area (Å²) in [6.45, 7) is 8.39. The fourth-order valence-electron chi connectivity index (χ4n) is 0.999. The van der Waals surface area contributed by atoms with Crippen LogP contribution < -0.4 is 0 Å². The zero-order chi connectivity index (χ0) is 13.3. The van der Waals surface area contributed by atoms with E-state index in [-0.39, 0.29) is 30.9 Å². The third-order valence-electron chi connectivity index (χ3n) is 2.15. The van der Waals surface area contributed by atoms with Crippen molar-refractivity contribution in [3.05, 3.63) is 0 Å². The molecule has 3 atom stereocenters. The summed E-state index contributed by atoms with van der Waals surface area (Å²) in [7, 11) is 1.65. The number of esters is 1. The van der Waals surface area contributed by atoms with Crippen LogP contribution in [0.1, 0.15) is 27.7 Å². The predicted octanol–water partition coefficient (Wildman–Crippen LogP) is 1.39. The van der Waals surface area contributed by atoms with Crippen LogP contribution in [0, 0.1) is 0 Å². The van der Waals surface area contributed by atoms with Crippen LogP contribution in [0.4, 0.5) is 0 Å². The van der Waals surface area contributed by atoms with Crippen molar-refractivity contribution in [1.29, 1.82) is 0 Å². The summed E-state index contributed by atoms with van der Waals surface area (Å²) < 4.78 is 20.9. The lowest BCUT2D eigenvalue weighted by atomic mass is 10.4. The van der Waals surface area contributed by atoms with Gasteiger partial charge in [-0.2, -0.15) is 0 Å². The van der Waals surface area contributed by atoms with Crippen LogP contribution in [0.15, 0.2) is 0 Å². The molecule has 0 fully saturated rings. The third kappa shape index (κ3) is 10.2. The normalized spacial score (nSPS) is 16.3. The number of rotatable bonds is 9. The fourth-order valence-corrected chi connectivity index (χ4v) is 0.999. The van der Waals surface area contributed by atoms with Crippen LogP contribution in [-0.4, -0.2) is 51.2 Å². The predicted molar refractivity (Wildman–Crippen MR) is 63.9 cm³/mol. The van der Waals surface area contributed by atoms with Crippen molar-refractivity contribution in [2.75, 3.05) is 26.9 Å². The first-order valence-corrected chi connectivity index (χ1v) is 5.85. The van der Waals surface area contributed by atoms with E-state index in [0.29, 0.717) is 13.2 Å². The molecule has 0 saturated carbocycles. The van der Waals surface area contributed by atoms with Crippen molar-refractivity contribution >= 4 is 5.97 Å². The molecule has 0 amide bonds. The molecule has 17 heavy (non-hydrogen) atoms. The average Bonchev–Trinajstić information content (AvgIpc) is 2.30. The van der Waals surface area contributed by atoms with E-state index in [1.165, 1.54) is 6.92 Å². The van der Waals surface area contributed by atoms with Crippen molar-refractivity contribution < 1.29 is 23.7 Å². The second kappa shape index (κ2) is 9.39. The first-order valence-electron chi connectivity index (χ1n) is 5.85. The Bertz CT molecular complexity index is 207. The molecule has 0 bridgehead atoms. The van der Waals surface area contributed by atoms with E-state index >= 15 is 0 Å². The Labute approximate surface area is 103 Å². The lowest BCUT2D eigenvalue weighted by molar-refractivity contribution is -0.146. The molecule has 0 aliphatic carbocycles. The van der Waals surface area contributed by atoms with Gasteiger partial charge in [-0.05, 0) is 20.8 Å². The zero-order valence-corrected chi connectivity index (χ0v) is 11.4. The molecule has 0 aliphatic heterocycles.